The van der Waals surface area contributed by atoms with Gasteiger partial charge in [0.15, 0.2) is 11.5 Å². The molecule has 4 nitrogen and oxygen atoms in total. The van der Waals surface area contributed by atoms with Gasteiger partial charge in [0.05, 0.1) is 13.3 Å². The number of aryl methyl sites for hydroxylation is 1. The van der Waals surface area contributed by atoms with Crippen molar-refractivity contribution in [1.82, 2.24) is 9.78 Å². The van der Waals surface area contributed by atoms with Crippen LogP contribution >= 0.6 is 0 Å². The van der Waals surface area contributed by atoms with Gasteiger partial charge in [-0.1, -0.05) is 0 Å². The first-order valence-electron chi connectivity index (χ1n) is 6.09. The fourth-order valence-electron chi connectivity index (χ4n) is 2.22. The topological polar surface area (TPSA) is 44.1 Å². The highest BCUT2D eigenvalue weighted by atomic mass is 16.5. The predicted molar refractivity (Wildman–Crippen MR) is 65.9 cm³/mol. The third-order valence-electron chi connectivity index (χ3n) is 3.08. The maximum absolute atomic E-state index is 11.6. The molecule has 1 aromatic rings. The highest BCUT2D eigenvalue weighted by Gasteiger charge is 2.18. The SMILES string of the molecule is CCn1ncc(OC)c1C1=CC(=O)CCCC1. The number of nitrogens with zero attached hydrogens (tertiary/aromatic N) is 2. The summed E-state index contributed by atoms with van der Waals surface area (Å²) >= 11 is 0. The zero-order valence-electron chi connectivity index (χ0n) is 10.4. The highest BCUT2D eigenvalue weighted by Crippen LogP contribution is 2.31. The van der Waals surface area contributed by atoms with Crippen LogP contribution in [-0.2, 0) is 11.3 Å². The number of ether oxygens (including phenoxy) is 1. The number of carbonyl (C=O) groups is 1. The first kappa shape index (κ1) is 11.9. The number of aromatic nitrogens is 2. The average Bonchev–Trinajstić information content (AvgIpc) is 2.64. The minimum atomic E-state index is 0.211. The molecule has 1 aromatic heterocycles. The van der Waals surface area contributed by atoms with Crippen molar-refractivity contribution in [2.75, 3.05) is 7.11 Å². The molecule has 1 aliphatic rings. The standard InChI is InChI=1S/C13H18N2O2/c1-3-15-13(12(17-2)9-14-15)10-6-4-5-7-11(16)8-10/h8-9H,3-7H2,1-2H3. The summed E-state index contributed by atoms with van der Waals surface area (Å²) in [7, 11) is 1.64. The van der Waals surface area contributed by atoms with Crippen LogP contribution in [0.15, 0.2) is 12.3 Å². The smallest absolute Gasteiger partial charge is 0.164 e. The predicted octanol–water partition coefficient (Wildman–Crippen LogP) is 2.44. The van der Waals surface area contributed by atoms with Crippen molar-refractivity contribution in [3.8, 4) is 5.75 Å². The summed E-state index contributed by atoms with van der Waals surface area (Å²) in [5.41, 5.74) is 2.02. The Morgan fingerprint density at radius 3 is 2.88 bits per heavy atom. The molecule has 0 radical (unpaired) electrons. The van der Waals surface area contributed by atoms with Gasteiger partial charge in [-0.05, 0) is 37.8 Å². The van der Waals surface area contributed by atoms with Crippen LogP contribution in [0.1, 0.15) is 38.3 Å². The van der Waals surface area contributed by atoms with E-state index in [1.807, 2.05) is 11.6 Å². The van der Waals surface area contributed by atoms with E-state index in [-0.39, 0.29) is 5.78 Å². The van der Waals surface area contributed by atoms with Crippen molar-refractivity contribution in [3.05, 3.63) is 18.0 Å². The molecular formula is C13H18N2O2. The number of allylic oxidation sites excluding steroid dienone is 2. The molecule has 0 atom stereocenters. The molecule has 0 unspecified atom stereocenters. The minimum Gasteiger partial charge on any atom is -0.493 e. The van der Waals surface area contributed by atoms with Crippen molar-refractivity contribution >= 4 is 11.4 Å². The van der Waals surface area contributed by atoms with E-state index >= 15 is 0 Å². The quantitative estimate of drug-likeness (QED) is 0.806. The van der Waals surface area contributed by atoms with Gasteiger partial charge in [0.2, 0.25) is 0 Å². The van der Waals surface area contributed by atoms with Crippen LogP contribution in [0.5, 0.6) is 5.75 Å². The number of rotatable bonds is 3. The monoisotopic (exact) mass is 234 g/mol. The first-order valence-corrected chi connectivity index (χ1v) is 6.09. The van der Waals surface area contributed by atoms with Crippen LogP contribution in [0, 0.1) is 0 Å². The highest BCUT2D eigenvalue weighted by molar-refractivity contribution is 5.97. The van der Waals surface area contributed by atoms with E-state index in [0.717, 1.165) is 42.8 Å². The number of carbonyl (C=O) groups excluding carboxylic acids is 1. The number of methoxy groups -OCH3 is 1. The lowest BCUT2D eigenvalue weighted by atomic mass is 10.1. The van der Waals surface area contributed by atoms with Crippen LogP contribution in [0.25, 0.3) is 5.57 Å². The van der Waals surface area contributed by atoms with Crippen LogP contribution in [0.2, 0.25) is 0 Å². The Labute approximate surface area is 101 Å². The van der Waals surface area contributed by atoms with Crippen LogP contribution in [0.3, 0.4) is 0 Å². The Hall–Kier alpha value is -1.58. The van der Waals surface area contributed by atoms with Crippen LogP contribution < -0.4 is 4.74 Å². The van der Waals surface area contributed by atoms with Crippen molar-refractivity contribution < 1.29 is 9.53 Å². The van der Waals surface area contributed by atoms with Crippen LogP contribution in [-0.4, -0.2) is 22.7 Å². The van der Waals surface area contributed by atoms with Gasteiger partial charge in [0, 0.05) is 13.0 Å². The van der Waals surface area contributed by atoms with Gasteiger partial charge in [0.1, 0.15) is 5.69 Å². The van der Waals surface area contributed by atoms with Gasteiger partial charge in [0.25, 0.3) is 0 Å². The van der Waals surface area contributed by atoms with E-state index in [4.69, 9.17) is 4.74 Å². The summed E-state index contributed by atoms with van der Waals surface area (Å²) in [4.78, 5) is 11.6. The van der Waals surface area contributed by atoms with E-state index in [2.05, 4.69) is 5.10 Å². The third kappa shape index (κ3) is 2.40. The van der Waals surface area contributed by atoms with Crippen molar-refractivity contribution in [1.29, 1.82) is 0 Å². The molecule has 2 rings (SSSR count). The molecule has 0 aliphatic heterocycles. The lowest BCUT2D eigenvalue weighted by Crippen LogP contribution is -2.03. The Balaban J connectivity index is 2.43. The Morgan fingerprint density at radius 2 is 2.18 bits per heavy atom. The molecule has 0 bridgehead atoms. The number of hydrogen-bond donors (Lipinski definition) is 0. The molecular weight excluding hydrogens is 216 g/mol. The fourth-order valence-corrected chi connectivity index (χ4v) is 2.22. The molecule has 4 heteroatoms. The molecule has 1 aliphatic carbocycles. The minimum absolute atomic E-state index is 0.211. The van der Waals surface area contributed by atoms with E-state index in [9.17, 15) is 4.79 Å². The van der Waals surface area contributed by atoms with E-state index in [1.165, 1.54) is 0 Å². The second kappa shape index (κ2) is 5.17. The lowest BCUT2D eigenvalue weighted by Gasteiger charge is -2.09. The average molecular weight is 234 g/mol. The van der Waals surface area contributed by atoms with E-state index < -0.39 is 0 Å². The fraction of sp³-hybridized carbons (Fsp3) is 0.538. The zero-order valence-corrected chi connectivity index (χ0v) is 10.4. The second-order valence-electron chi connectivity index (χ2n) is 4.22. The molecule has 0 fully saturated rings. The molecule has 0 aromatic carbocycles. The summed E-state index contributed by atoms with van der Waals surface area (Å²) in [6.45, 7) is 2.82. The molecule has 17 heavy (non-hydrogen) atoms. The van der Waals surface area contributed by atoms with Gasteiger partial charge >= 0.3 is 0 Å². The zero-order chi connectivity index (χ0) is 12.3. The Kier molecular flexibility index (Phi) is 3.61. The molecule has 0 N–H and O–H groups in total. The van der Waals surface area contributed by atoms with Crippen LogP contribution in [0.4, 0.5) is 0 Å². The summed E-state index contributed by atoms with van der Waals surface area (Å²) in [6.07, 6.45) is 7.09. The van der Waals surface area contributed by atoms with Gasteiger partial charge in [-0.3, -0.25) is 9.48 Å². The largest absolute Gasteiger partial charge is 0.493 e. The summed E-state index contributed by atoms with van der Waals surface area (Å²) in [5.74, 6) is 0.969. The first-order chi connectivity index (χ1) is 8.26. The summed E-state index contributed by atoms with van der Waals surface area (Å²) in [6, 6.07) is 0. The summed E-state index contributed by atoms with van der Waals surface area (Å²) < 4.78 is 7.21. The maximum atomic E-state index is 11.6. The normalized spacial score (nSPS) is 16.6. The van der Waals surface area contributed by atoms with E-state index in [1.54, 1.807) is 19.4 Å². The molecule has 0 saturated heterocycles. The van der Waals surface area contributed by atoms with E-state index in [0.29, 0.717) is 6.42 Å². The Morgan fingerprint density at radius 1 is 1.41 bits per heavy atom. The van der Waals surface area contributed by atoms with Gasteiger partial charge in [-0.15, -0.1) is 0 Å². The second-order valence-corrected chi connectivity index (χ2v) is 4.22. The number of hydrogen-bond acceptors (Lipinski definition) is 3. The molecule has 0 amide bonds. The van der Waals surface area contributed by atoms with Crippen molar-refractivity contribution in [2.45, 2.75) is 39.2 Å². The Bertz CT molecular complexity index is 425. The molecule has 1 heterocycles. The molecule has 0 saturated carbocycles. The van der Waals surface area contributed by atoms with Crippen molar-refractivity contribution in [3.63, 3.8) is 0 Å². The molecule has 92 valence electrons. The summed E-state index contributed by atoms with van der Waals surface area (Å²) in [5, 5.41) is 4.28. The number of ketones is 1. The maximum Gasteiger partial charge on any atom is 0.164 e. The van der Waals surface area contributed by atoms with Gasteiger partial charge in [-0.2, -0.15) is 5.10 Å². The molecule has 0 spiro atoms. The van der Waals surface area contributed by atoms with Crippen molar-refractivity contribution in [2.24, 2.45) is 0 Å². The lowest BCUT2D eigenvalue weighted by molar-refractivity contribution is -0.114. The van der Waals surface area contributed by atoms with Gasteiger partial charge < -0.3 is 4.74 Å². The third-order valence-corrected chi connectivity index (χ3v) is 3.08. The van der Waals surface area contributed by atoms with Gasteiger partial charge in [-0.25, -0.2) is 0 Å².